The summed E-state index contributed by atoms with van der Waals surface area (Å²) >= 11 is 3.42. The summed E-state index contributed by atoms with van der Waals surface area (Å²) < 4.78 is 0.765. The number of rotatable bonds is 2. The fourth-order valence-electron chi connectivity index (χ4n) is 2.77. The minimum absolute atomic E-state index is 0.178. The Kier molecular flexibility index (Phi) is 3.83. The summed E-state index contributed by atoms with van der Waals surface area (Å²) in [5, 5.41) is 13.1. The zero-order valence-electron chi connectivity index (χ0n) is 11.6. The van der Waals surface area contributed by atoms with Gasteiger partial charge in [0.15, 0.2) is 0 Å². The van der Waals surface area contributed by atoms with Crippen molar-refractivity contribution >= 4 is 21.8 Å². The summed E-state index contributed by atoms with van der Waals surface area (Å²) in [6.45, 7) is 1.98. The van der Waals surface area contributed by atoms with E-state index in [4.69, 9.17) is 0 Å². The minimum Gasteiger partial charge on any atom is -0.390 e. The first-order chi connectivity index (χ1) is 10.1. The average Bonchev–Trinajstić information content (AvgIpc) is 2.75. The molecule has 21 heavy (non-hydrogen) atoms. The highest BCUT2D eigenvalue weighted by Crippen LogP contribution is 2.31. The van der Waals surface area contributed by atoms with Gasteiger partial charge in [0, 0.05) is 10.9 Å². The van der Waals surface area contributed by atoms with Gasteiger partial charge in [-0.3, -0.25) is 4.79 Å². The van der Waals surface area contributed by atoms with E-state index in [2.05, 4.69) is 21.2 Å². The summed E-state index contributed by atoms with van der Waals surface area (Å²) in [7, 11) is 0. The largest absolute Gasteiger partial charge is 0.390 e. The molecule has 2 N–H and O–H groups in total. The SMILES string of the molecule is Cc1ccc(C(=O)N[C@@H]2c3ccccc3C[C@@H]2O)c(Br)c1. The molecule has 0 aromatic heterocycles. The van der Waals surface area contributed by atoms with E-state index < -0.39 is 6.10 Å². The van der Waals surface area contributed by atoms with E-state index >= 15 is 0 Å². The fourth-order valence-corrected chi connectivity index (χ4v) is 3.44. The molecule has 3 rings (SSSR count). The van der Waals surface area contributed by atoms with Crippen molar-refractivity contribution in [3.8, 4) is 0 Å². The van der Waals surface area contributed by atoms with Crippen molar-refractivity contribution < 1.29 is 9.90 Å². The molecule has 0 aliphatic heterocycles. The summed E-state index contributed by atoms with van der Waals surface area (Å²) in [6.07, 6.45) is 0.00601. The third-order valence-corrected chi connectivity index (χ3v) is 4.52. The normalized spacial score (nSPS) is 20.1. The van der Waals surface area contributed by atoms with Gasteiger partial charge < -0.3 is 10.4 Å². The predicted molar refractivity (Wildman–Crippen MR) is 85.2 cm³/mol. The van der Waals surface area contributed by atoms with Crippen LogP contribution in [0.25, 0.3) is 0 Å². The second kappa shape index (κ2) is 5.62. The molecule has 2 aromatic carbocycles. The van der Waals surface area contributed by atoms with Crippen LogP contribution in [0.4, 0.5) is 0 Å². The van der Waals surface area contributed by atoms with E-state index in [0.717, 1.165) is 21.2 Å². The Morgan fingerprint density at radius 1 is 1.29 bits per heavy atom. The maximum Gasteiger partial charge on any atom is 0.252 e. The molecule has 2 aromatic rings. The number of aliphatic hydroxyl groups excluding tert-OH is 1. The number of halogens is 1. The Balaban J connectivity index is 1.85. The van der Waals surface area contributed by atoms with E-state index in [1.165, 1.54) is 0 Å². The quantitative estimate of drug-likeness (QED) is 0.878. The zero-order valence-corrected chi connectivity index (χ0v) is 13.2. The highest BCUT2D eigenvalue weighted by Gasteiger charge is 2.32. The van der Waals surface area contributed by atoms with Gasteiger partial charge in [0.05, 0.1) is 17.7 Å². The van der Waals surface area contributed by atoms with Gasteiger partial charge in [0.2, 0.25) is 0 Å². The fraction of sp³-hybridized carbons (Fsp3) is 0.235. The van der Waals surface area contributed by atoms with Gasteiger partial charge in [0.25, 0.3) is 5.91 Å². The Morgan fingerprint density at radius 3 is 2.81 bits per heavy atom. The highest BCUT2D eigenvalue weighted by atomic mass is 79.9. The molecular weight excluding hydrogens is 330 g/mol. The molecule has 1 aliphatic carbocycles. The molecule has 4 heteroatoms. The van der Waals surface area contributed by atoms with E-state index in [0.29, 0.717) is 12.0 Å². The monoisotopic (exact) mass is 345 g/mol. The maximum atomic E-state index is 12.4. The molecular formula is C17H16BrNO2. The van der Waals surface area contributed by atoms with Crippen LogP contribution in [0.5, 0.6) is 0 Å². The lowest BCUT2D eigenvalue weighted by molar-refractivity contribution is 0.0857. The van der Waals surface area contributed by atoms with Crippen molar-refractivity contribution in [1.82, 2.24) is 5.32 Å². The van der Waals surface area contributed by atoms with Crippen LogP contribution in [0.15, 0.2) is 46.9 Å². The van der Waals surface area contributed by atoms with Crippen LogP contribution >= 0.6 is 15.9 Å². The predicted octanol–water partition coefficient (Wildman–Crippen LogP) is 3.15. The van der Waals surface area contributed by atoms with Crippen LogP contribution in [0.2, 0.25) is 0 Å². The lowest BCUT2D eigenvalue weighted by Crippen LogP contribution is -2.34. The third kappa shape index (κ3) is 2.74. The van der Waals surface area contributed by atoms with Crippen LogP contribution in [0.3, 0.4) is 0 Å². The first kappa shape index (κ1) is 14.3. The number of amides is 1. The molecule has 0 heterocycles. The van der Waals surface area contributed by atoms with E-state index in [-0.39, 0.29) is 11.9 Å². The number of aryl methyl sites for hydroxylation is 1. The Labute approximate surface area is 132 Å². The molecule has 0 saturated carbocycles. The molecule has 2 atom stereocenters. The Morgan fingerprint density at radius 2 is 2.05 bits per heavy atom. The molecule has 0 radical (unpaired) electrons. The van der Waals surface area contributed by atoms with Gasteiger partial charge >= 0.3 is 0 Å². The summed E-state index contributed by atoms with van der Waals surface area (Å²) in [4.78, 5) is 12.4. The lowest BCUT2D eigenvalue weighted by atomic mass is 10.1. The van der Waals surface area contributed by atoms with Crippen LogP contribution in [0.1, 0.15) is 33.1 Å². The first-order valence-corrected chi connectivity index (χ1v) is 7.68. The molecule has 0 unspecified atom stereocenters. The first-order valence-electron chi connectivity index (χ1n) is 6.89. The van der Waals surface area contributed by atoms with Gasteiger partial charge in [-0.2, -0.15) is 0 Å². The number of hydrogen-bond acceptors (Lipinski definition) is 2. The van der Waals surface area contributed by atoms with Crippen LogP contribution < -0.4 is 5.32 Å². The van der Waals surface area contributed by atoms with Crippen molar-refractivity contribution in [2.75, 3.05) is 0 Å². The van der Waals surface area contributed by atoms with Crippen molar-refractivity contribution in [3.63, 3.8) is 0 Å². The van der Waals surface area contributed by atoms with Gasteiger partial charge in [-0.05, 0) is 51.7 Å². The van der Waals surface area contributed by atoms with Gasteiger partial charge in [-0.1, -0.05) is 30.3 Å². The van der Waals surface area contributed by atoms with Gasteiger partial charge in [-0.25, -0.2) is 0 Å². The summed E-state index contributed by atoms with van der Waals surface area (Å²) in [5.41, 5.74) is 3.77. The third-order valence-electron chi connectivity index (χ3n) is 3.86. The molecule has 3 nitrogen and oxygen atoms in total. The van der Waals surface area contributed by atoms with E-state index in [1.54, 1.807) is 6.07 Å². The number of hydrogen-bond donors (Lipinski definition) is 2. The second-order valence-corrected chi connectivity index (χ2v) is 6.26. The molecule has 1 aliphatic rings. The standard InChI is InChI=1S/C17H16BrNO2/c1-10-6-7-13(14(18)8-10)17(21)19-16-12-5-3-2-4-11(12)9-15(16)20/h2-8,15-16,20H,9H2,1H3,(H,19,21)/t15-,16+/m0/s1. The van der Waals surface area contributed by atoms with Gasteiger partial charge in [0.1, 0.15) is 0 Å². The van der Waals surface area contributed by atoms with Gasteiger partial charge in [-0.15, -0.1) is 0 Å². The van der Waals surface area contributed by atoms with Crippen molar-refractivity contribution in [3.05, 3.63) is 69.2 Å². The van der Waals surface area contributed by atoms with Crippen LogP contribution in [-0.4, -0.2) is 17.1 Å². The average molecular weight is 346 g/mol. The number of fused-ring (bicyclic) bond motifs is 1. The number of carbonyl (C=O) groups is 1. The molecule has 0 saturated heterocycles. The topological polar surface area (TPSA) is 49.3 Å². The number of benzene rings is 2. The van der Waals surface area contributed by atoms with E-state index in [1.807, 2.05) is 43.3 Å². The van der Waals surface area contributed by atoms with Crippen LogP contribution in [0, 0.1) is 6.92 Å². The lowest BCUT2D eigenvalue weighted by Gasteiger charge is -2.18. The summed E-state index contributed by atoms with van der Waals surface area (Å²) in [5.74, 6) is -0.178. The minimum atomic E-state index is -0.574. The van der Waals surface area contributed by atoms with E-state index in [9.17, 15) is 9.90 Å². The number of aliphatic hydroxyl groups is 1. The van der Waals surface area contributed by atoms with Crippen molar-refractivity contribution in [2.24, 2.45) is 0 Å². The molecule has 0 spiro atoms. The molecule has 108 valence electrons. The smallest absolute Gasteiger partial charge is 0.252 e. The van der Waals surface area contributed by atoms with Crippen LogP contribution in [-0.2, 0) is 6.42 Å². The Hall–Kier alpha value is -1.65. The zero-order chi connectivity index (χ0) is 15.0. The summed E-state index contributed by atoms with van der Waals surface area (Å²) in [6, 6.07) is 13.1. The molecule has 0 fully saturated rings. The highest BCUT2D eigenvalue weighted by molar-refractivity contribution is 9.10. The van der Waals surface area contributed by atoms with Crippen molar-refractivity contribution in [1.29, 1.82) is 0 Å². The second-order valence-electron chi connectivity index (χ2n) is 5.40. The number of carbonyl (C=O) groups excluding carboxylic acids is 1. The van der Waals surface area contributed by atoms with Crippen molar-refractivity contribution in [2.45, 2.75) is 25.5 Å². The molecule has 1 amide bonds. The Bertz CT molecular complexity index is 699. The molecule has 0 bridgehead atoms. The maximum absolute atomic E-state index is 12.4. The number of nitrogens with one attached hydrogen (secondary N) is 1.